The number of hydrogen-bond acceptors (Lipinski definition) is 5. The molecule has 0 atom stereocenters. The van der Waals surface area contributed by atoms with Gasteiger partial charge in [-0.05, 0) is 61.2 Å². The zero-order chi connectivity index (χ0) is 22.7. The number of hydrogen-bond donors (Lipinski definition) is 2. The fourth-order valence-electron chi connectivity index (χ4n) is 2.93. The van der Waals surface area contributed by atoms with Crippen LogP contribution < -0.4 is 15.4 Å². The van der Waals surface area contributed by atoms with Gasteiger partial charge in [0.05, 0.1) is 11.5 Å². The first kappa shape index (κ1) is 25.6. The van der Waals surface area contributed by atoms with Crippen molar-refractivity contribution in [3.8, 4) is 0 Å². The highest BCUT2D eigenvalue weighted by Gasteiger charge is 2.09. The van der Waals surface area contributed by atoms with Crippen LogP contribution in [0.4, 0.5) is 16.2 Å². The van der Waals surface area contributed by atoms with Gasteiger partial charge in [0, 0.05) is 35.1 Å². The topological polar surface area (TPSA) is 102 Å². The number of ether oxygens (including phenoxy) is 1. The van der Waals surface area contributed by atoms with E-state index < -0.39 is 16.1 Å². The molecule has 0 unspecified atom stereocenters. The van der Waals surface area contributed by atoms with Gasteiger partial charge in [-0.15, -0.1) is 0 Å². The van der Waals surface area contributed by atoms with Crippen LogP contribution in [-0.2, 0) is 21.2 Å². The fourth-order valence-corrected chi connectivity index (χ4v) is 4.30. The van der Waals surface area contributed by atoms with Crippen molar-refractivity contribution in [3.63, 3.8) is 0 Å². The predicted octanol–water partition coefficient (Wildman–Crippen LogP) is 4.50. The zero-order valence-corrected chi connectivity index (χ0v) is 21.1. The number of anilines is 2. The summed E-state index contributed by atoms with van der Waals surface area (Å²) in [4.78, 5) is 14.2. The molecule has 0 aliphatic rings. The van der Waals surface area contributed by atoms with E-state index in [1.807, 2.05) is 0 Å². The molecule has 2 rings (SSSR count). The molecule has 0 spiro atoms. The second-order valence-electron chi connectivity index (χ2n) is 6.82. The van der Waals surface area contributed by atoms with Gasteiger partial charge in [-0.25, -0.2) is 18.4 Å². The van der Waals surface area contributed by atoms with E-state index in [0.717, 1.165) is 43.0 Å². The number of nitrogens with two attached hydrogens (primary N) is 1. The molecular formula is C21H27Br2N3O4S. The number of nitrogens with one attached hydrogen (secondary N) is 1. The van der Waals surface area contributed by atoms with Crippen molar-refractivity contribution in [2.45, 2.75) is 24.2 Å². The monoisotopic (exact) mass is 575 g/mol. The number of sulfonamides is 1. The van der Waals surface area contributed by atoms with Gasteiger partial charge in [0.1, 0.15) is 0 Å². The van der Waals surface area contributed by atoms with E-state index >= 15 is 0 Å². The first-order chi connectivity index (χ1) is 14.8. The lowest BCUT2D eigenvalue weighted by atomic mass is 10.1. The third-order valence-electron chi connectivity index (χ3n) is 4.53. The number of unbranched alkanes of at least 4 members (excludes halogenated alkanes) is 1. The quantitative estimate of drug-likeness (QED) is 0.286. The van der Waals surface area contributed by atoms with Crippen LogP contribution in [-0.4, -0.2) is 44.9 Å². The van der Waals surface area contributed by atoms with Gasteiger partial charge in [-0.3, -0.25) is 5.32 Å². The number of benzene rings is 2. The summed E-state index contributed by atoms with van der Waals surface area (Å²) in [6.45, 7) is 2.23. The van der Waals surface area contributed by atoms with Gasteiger partial charge in [0.2, 0.25) is 10.0 Å². The van der Waals surface area contributed by atoms with E-state index in [9.17, 15) is 13.2 Å². The molecule has 31 heavy (non-hydrogen) atoms. The normalized spacial score (nSPS) is 11.2. The van der Waals surface area contributed by atoms with Crippen molar-refractivity contribution in [2.24, 2.45) is 5.14 Å². The highest BCUT2D eigenvalue weighted by Crippen LogP contribution is 2.17. The lowest BCUT2D eigenvalue weighted by Crippen LogP contribution is -2.27. The third kappa shape index (κ3) is 9.18. The second kappa shape index (κ2) is 13.0. The summed E-state index contributed by atoms with van der Waals surface area (Å²) in [6.07, 6.45) is 1.99. The van der Waals surface area contributed by atoms with Gasteiger partial charge >= 0.3 is 6.09 Å². The molecule has 0 saturated carbocycles. The van der Waals surface area contributed by atoms with Gasteiger partial charge in [-0.1, -0.05) is 44.0 Å². The lowest BCUT2D eigenvalue weighted by molar-refractivity contribution is 0.159. The van der Waals surface area contributed by atoms with Crippen molar-refractivity contribution in [1.29, 1.82) is 0 Å². The van der Waals surface area contributed by atoms with Gasteiger partial charge in [0.25, 0.3) is 0 Å². The Kier molecular flexibility index (Phi) is 10.8. The third-order valence-corrected chi connectivity index (χ3v) is 6.17. The Labute approximate surface area is 200 Å². The molecule has 10 heteroatoms. The first-order valence-electron chi connectivity index (χ1n) is 9.86. The molecule has 0 fully saturated rings. The number of amides is 1. The number of alkyl halides is 2. The molecule has 3 N–H and O–H groups in total. The number of rotatable bonds is 12. The van der Waals surface area contributed by atoms with Gasteiger partial charge < -0.3 is 9.64 Å². The molecule has 0 aliphatic heterocycles. The molecule has 2 aromatic rings. The minimum Gasteiger partial charge on any atom is -0.449 e. The Morgan fingerprint density at radius 3 is 2.13 bits per heavy atom. The van der Waals surface area contributed by atoms with Crippen molar-refractivity contribution >= 4 is 59.4 Å². The molecule has 0 aliphatic carbocycles. The van der Waals surface area contributed by atoms with E-state index in [-0.39, 0.29) is 4.90 Å². The molecular weight excluding hydrogens is 550 g/mol. The predicted molar refractivity (Wildman–Crippen MR) is 132 cm³/mol. The SMILES string of the molecule is NS(=O)(=O)c1ccc(NC(=O)OCCCCc2ccc(N(CCBr)CCBr)cc2)cc1. The van der Waals surface area contributed by atoms with Gasteiger partial charge in [-0.2, -0.15) is 0 Å². The van der Waals surface area contributed by atoms with Crippen LogP contribution in [0.25, 0.3) is 0 Å². The Bertz CT molecular complexity index is 917. The molecule has 0 heterocycles. The van der Waals surface area contributed by atoms with E-state index in [0.29, 0.717) is 12.3 Å². The number of carbonyl (C=O) groups is 1. The number of nitrogens with zero attached hydrogens (tertiary/aromatic N) is 1. The molecule has 1 amide bonds. The number of carbonyl (C=O) groups excluding carboxylic acids is 1. The van der Waals surface area contributed by atoms with Crippen molar-refractivity contribution in [2.75, 3.05) is 40.6 Å². The molecule has 170 valence electrons. The molecule has 0 aromatic heterocycles. The molecule has 2 aromatic carbocycles. The Balaban J connectivity index is 1.69. The minimum absolute atomic E-state index is 0.0154. The Morgan fingerprint density at radius 1 is 0.968 bits per heavy atom. The van der Waals surface area contributed by atoms with Crippen LogP contribution in [0.1, 0.15) is 18.4 Å². The molecule has 0 radical (unpaired) electrons. The zero-order valence-electron chi connectivity index (χ0n) is 17.1. The summed E-state index contributed by atoms with van der Waals surface area (Å²) in [5.41, 5.74) is 2.90. The summed E-state index contributed by atoms with van der Waals surface area (Å²) in [6, 6.07) is 14.2. The Morgan fingerprint density at radius 2 is 1.58 bits per heavy atom. The number of aryl methyl sites for hydroxylation is 1. The van der Waals surface area contributed by atoms with Crippen LogP contribution in [0, 0.1) is 0 Å². The van der Waals surface area contributed by atoms with E-state index in [1.54, 1.807) is 0 Å². The summed E-state index contributed by atoms with van der Waals surface area (Å²) in [5.74, 6) is 0. The average molecular weight is 577 g/mol. The van der Waals surface area contributed by atoms with E-state index in [2.05, 4.69) is 66.3 Å². The number of halogens is 2. The van der Waals surface area contributed by atoms with Crippen LogP contribution in [0.2, 0.25) is 0 Å². The van der Waals surface area contributed by atoms with Crippen molar-refractivity contribution < 1.29 is 17.9 Å². The molecule has 0 saturated heterocycles. The molecule has 7 nitrogen and oxygen atoms in total. The summed E-state index contributed by atoms with van der Waals surface area (Å²) < 4.78 is 27.6. The maximum Gasteiger partial charge on any atom is 0.411 e. The highest BCUT2D eigenvalue weighted by molar-refractivity contribution is 9.09. The summed E-state index contributed by atoms with van der Waals surface area (Å²) in [7, 11) is -3.75. The largest absolute Gasteiger partial charge is 0.449 e. The highest BCUT2D eigenvalue weighted by atomic mass is 79.9. The first-order valence-corrected chi connectivity index (χ1v) is 13.6. The number of primary sulfonamides is 1. The smallest absolute Gasteiger partial charge is 0.411 e. The average Bonchev–Trinajstić information content (AvgIpc) is 2.73. The maximum atomic E-state index is 11.8. The second-order valence-corrected chi connectivity index (χ2v) is 9.97. The van der Waals surface area contributed by atoms with E-state index in [4.69, 9.17) is 9.88 Å². The maximum absolute atomic E-state index is 11.8. The summed E-state index contributed by atoms with van der Waals surface area (Å²) in [5, 5.41) is 9.46. The molecule has 0 bridgehead atoms. The summed E-state index contributed by atoms with van der Waals surface area (Å²) >= 11 is 6.99. The minimum atomic E-state index is -3.75. The van der Waals surface area contributed by atoms with Crippen LogP contribution in [0.3, 0.4) is 0 Å². The van der Waals surface area contributed by atoms with Crippen LogP contribution >= 0.6 is 31.9 Å². The van der Waals surface area contributed by atoms with Crippen LogP contribution in [0.15, 0.2) is 53.4 Å². The van der Waals surface area contributed by atoms with Crippen molar-refractivity contribution in [1.82, 2.24) is 0 Å². The van der Waals surface area contributed by atoms with Gasteiger partial charge in [0.15, 0.2) is 0 Å². The standard InChI is InChI=1S/C21H27Br2N3O4S/c22-12-14-26(15-13-23)19-8-4-17(5-9-19)3-1-2-16-30-21(27)25-18-6-10-20(11-7-18)31(24,28)29/h4-11H,1-3,12-16H2,(H,25,27)(H2,24,28,29). The Hall–Kier alpha value is -1.62. The van der Waals surface area contributed by atoms with E-state index in [1.165, 1.54) is 35.5 Å². The van der Waals surface area contributed by atoms with Crippen molar-refractivity contribution in [3.05, 3.63) is 54.1 Å². The van der Waals surface area contributed by atoms with Crippen LogP contribution in [0.5, 0.6) is 0 Å². The fraction of sp³-hybridized carbons (Fsp3) is 0.381. The lowest BCUT2D eigenvalue weighted by Gasteiger charge is -2.23.